The average molecular weight is 615 g/mol. The lowest BCUT2D eigenvalue weighted by Gasteiger charge is -2.38. The number of aryl methyl sites for hydroxylation is 1. The zero-order chi connectivity index (χ0) is 32.4. The zero-order valence-corrected chi connectivity index (χ0v) is 25.8. The monoisotopic (exact) mass is 614 g/mol. The Hall–Kier alpha value is -4.13. The summed E-state index contributed by atoms with van der Waals surface area (Å²) in [6.07, 6.45) is 2.45. The molecule has 2 aliphatic heterocycles. The van der Waals surface area contributed by atoms with E-state index in [1.54, 1.807) is 24.3 Å². The van der Waals surface area contributed by atoms with Gasteiger partial charge in [-0.3, -0.25) is 33.7 Å². The van der Waals surface area contributed by atoms with Crippen molar-refractivity contribution in [3.63, 3.8) is 0 Å². The maximum Gasteiger partial charge on any atom is 0.355 e. The molecule has 2 saturated heterocycles. The Kier molecular flexibility index (Phi) is 12.6. The van der Waals surface area contributed by atoms with Gasteiger partial charge in [-0.2, -0.15) is 0 Å². The summed E-state index contributed by atoms with van der Waals surface area (Å²) in [6.45, 7) is 7.18. The molecule has 1 aromatic carbocycles. The maximum atomic E-state index is 13.0. The van der Waals surface area contributed by atoms with Crippen LogP contribution in [0.4, 0.5) is 0 Å². The molecule has 4 unspecified atom stereocenters. The molecular formula is C31H42N4O9. The molecule has 13 nitrogen and oxygen atoms in total. The molecule has 4 amide bonds. The molecule has 44 heavy (non-hydrogen) atoms. The molecule has 2 heterocycles. The predicted molar refractivity (Wildman–Crippen MR) is 156 cm³/mol. The molecule has 0 aliphatic carbocycles. The van der Waals surface area contributed by atoms with Crippen LogP contribution in [0.3, 0.4) is 0 Å². The van der Waals surface area contributed by atoms with Gasteiger partial charge in [0.05, 0.1) is 12.5 Å². The van der Waals surface area contributed by atoms with Gasteiger partial charge in [0.1, 0.15) is 6.04 Å². The molecule has 2 fully saturated rings. The Bertz CT molecular complexity index is 1220. The van der Waals surface area contributed by atoms with Crippen LogP contribution in [0.5, 0.6) is 0 Å². The van der Waals surface area contributed by atoms with E-state index in [0.29, 0.717) is 10.6 Å². The van der Waals surface area contributed by atoms with Crippen molar-refractivity contribution in [3.8, 4) is 0 Å². The summed E-state index contributed by atoms with van der Waals surface area (Å²) in [5, 5.41) is 5.54. The number of rotatable bonds is 14. The quantitative estimate of drug-likeness (QED) is 0.178. The molecule has 240 valence electrons. The van der Waals surface area contributed by atoms with Gasteiger partial charge in [-0.05, 0) is 40.0 Å². The molecule has 0 radical (unpaired) electrons. The van der Waals surface area contributed by atoms with Crippen LogP contribution in [-0.2, 0) is 38.3 Å². The van der Waals surface area contributed by atoms with E-state index in [-0.39, 0.29) is 56.8 Å². The largest absolute Gasteiger partial charge is 0.457 e. The number of nitrogens with one attached hydrogen (secondary N) is 2. The topological polar surface area (TPSA) is 168 Å². The molecule has 4 atom stereocenters. The summed E-state index contributed by atoms with van der Waals surface area (Å²) < 4.78 is 5.15. The molecule has 3 rings (SSSR count). The summed E-state index contributed by atoms with van der Waals surface area (Å²) in [4.78, 5) is 94.3. The Labute approximate surface area is 256 Å². The van der Waals surface area contributed by atoms with E-state index in [9.17, 15) is 33.6 Å². The van der Waals surface area contributed by atoms with Crippen molar-refractivity contribution in [2.75, 3.05) is 19.7 Å². The number of nitrogens with zero attached hydrogens (tertiary/aromatic N) is 2. The summed E-state index contributed by atoms with van der Waals surface area (Å²) in [5.74, 6) is -5.54. The Balaban J connectivity index is 1.55. The first-order valence-corrected chi connectivity index (χ1v) is 15.0. The van der Waals surface area contributed by atoms with Crippen LogP contribution in [0.2, 0.25) is 0 Å². The number of piperidine rings is 1. The highest BCUT2D eigenvalue weighted by molar-refractivity contribution is 6.02. The molecule has 2 N–H and O–H groups in total. The Morgan fingerprint density at radius 3 is 2.16 bits per heavy atom. The van der Waals surface area contributed by atoms with Crippen LogP contribution < -0.4 is 10.6 Å². The van der Waals surface area contributed by atoms with Gasteiger partial charge in [-0.1, -0.05) is 43.2 Å². The van der Waals surface area contributed by atoms with Crippen molar-refractivity contribution >= 4 is 41.4 Å². The molecule has 1 aromatic rings. The van der Waals surface area contributed by atoms with Gasteiger partial charge in [0.2, 0.25) is 11.8 Å². The second-order valence-electron chi connectivity index (χ2n) is 11.5. The van der Waals surface area contributed by atoms with E-state index >= 15 is 0 Å². The zero-order valence-electron chi connectivity index (χ0n) is 25.8. The minimum Gasteiger partial charge on any atom is -0.457 e. The first-order chi connectivity index (χ1) is 20.8. The summed E-state index contributed by atoms with van der Waals surface area (Å²) >= 11 is 0. The van der Waals surface area contributed by atoms with Gasteiger partial charge in [0.25, 0.3) is 11.8 Å². The Morgan fingerprint density at radius 2 is 1.55 bits per heavy atom. The van der Waals surface area contributed by atoms with E-state index in [1.165, 1.54) is 6.92 Å². The van der Waals surface area contributed by atoms with E-state index < -0.39 is 54.0 Å². The molecular weight excluding hydrogens is 572 g/mol. The van der Waals surface area contributed by atoms with Gasteiger partial charge >= 0.3 is 11.9 Å². The molecule has 2 aliphatic rings. The number of carbonyl (C=O) groups excluding carboxylic acids is 7. The number of Topliss-reactive ketones (excluding diaryl/α,β-unsaturated/α-hetero) is 1. The fourth-order valence-electron chi connectivity index (χ4n) is 5.17. The number of carbonyl (C=O) groups is 7. The summed E-state index contributed by atoms with van der Waals surface area (Å²) in [7, 11) is 0. The smallest absolute Gasteiger partial charge is 0.355 e. The van der Waals surface area contributed by atoms with Crippen molar-refractivity contribution in [2.24, 2.45) is 5.92 Å². The van der Waals surface area contributed by atoms with Crippen LogP contribution in [0.25, 0.3) is 0 Å². The SMILES string of the molecule is Cc1ccc(C(=O)COC(=O)C(C)CC(NC(=O)CCNC(=O)CN2C(C)CCCC2C)C(=O)ON2C(=O)CCC2=O)cc1. The Morgan fingerprint density at radius 1 is 0.932 bits per heavy atom. The van der Waals surface area contributed by atoms with Crippen LogP contribution in [0, 0.1) is 12.8 Å². The molecule has 0 bridgehead atoms. The third-order valence-electron chi connectivity index (χ3n) is 7.89. The van der Waals surface area contributed by atoms with Gasteiger partial charge in [0, 0.05) is 43.5 Å². The second kappa shape index (κ2) is 16.1. The number of imide groups is 1. The van der Waals surface area contributed by atoms with Gasteiger partial charge in [-0.15, -0.1) is 5.06 Å². The van der Waals surface area contributed by atoms with E-state index in [1.807, 2.05) is 6.92 Å². The normalized spacial score (nSPS) is 20.0. The van der Waals surface area contributed by atoms with Crippen LogP contribution >= 0.6 is 0 Å². The molecule has 13 heteroatoms. The highest BCUT2D eigenvalue weighted by Crippen LogP contribution is 2.22. The standard InChI is InChI=1S/C31H42N4O9/c1-19-8-10-23(11-9-19)25(36)18-43-30(41)20(2)16-24(31(42)44-35-28(39)12-13-29(35)40)33-26(37)14-15-32-27(38)17-34-21(3)6-5-7-22(34)4/h8-11,20-22,24H,5-7,12-18H2,1-4H3,(H,32,38)(H,33,37). The first-order valence-electron chi connectivity index (χ1n) is 15.0. The van der Waals surface area contributed by atoms with E-state index in [0.717, 1.165) is 24.8 Å². The highest BCUT2D eigenvalue weighted by atomic mass is 16.7. The highest BCUT2D eigenvalue weighted by Gasteiger charge is 2.36. The number of esters is 1. The number of likely N-dealkylation sites (tertiary alicyclic amines) is 1. The first kappa shape index (κ1) is 34.4. The van der Waals surface area contributed by atoms with Gasteiger partial charge < -0.3 is 20.2 Å². The number of hydroxylamine groups is 2. The lowest BCUT2D eigenvalue weighted by atomic mass is 9.97. The van der Waals surface area contributed by atoms with E-state index in [4.69, 9.17) is 9.57 Å². The van der Waals surface area contributed by atoms with Gasteiger partial charge in [-0.25, -0.2) is 4.79 Å². The second-order valence-corrected chi connectivity index (χ2v) is 11.5. The third-order valence-corrected chi connectivity index (χ3v) is 7.89. The van der Waals surface area contributed by atoms with Crippen LogP contribution in [0.1, 0.15) is 81.6 Å². The van der Waals surface area contributed by atoms with Crippen LogP contribution in [0.15, 0.2) is 24.3 Å². The predicted octanol–water partition coefficient (Wildman–Crippen LogP) is 1.61. The maximum absolute atomic E-state index is 13.0. The minimum absolute atomic E-state index is 0.00481. The van der Waals surface area contributed by atoms with Crippen molar-refractivity contribution in [1.82, 2.24) is 20.6 Å². The minimum atomic E-state index is -1.43. The summed E-state index contributed by atoms with van der Waals surface area (Å²) in [6, 6.07) is 5.89. The number of amides is 4. The number of benzene rings is 1. The number of hydrogen-bond donors (Lipinski definition) is 2. The van der Waals surface area contributed by atoms with Crippen molar-refractivity contribution < 1.29 is 43.1 Å². The lowest BCUT2D eigenvalue weighted by molar-refractivity contribution is -0.199. The number of hydrogen-bond acceptors (Lipinski definition) is 10. The fraction of sp³-hybridized carbons (Fsp3) is 0.581. The number of ether oxygens (including phenoxy) is 1. The molecule has 0 saturated carbocycles. The van der Waals surface area contributed by atoms with Crippen molar-refractivity contribution in [2.45, 2.75) is 90.8 Å². The molecule has 0 spiro atoms. The molecule has 0 aromatic heterocycles. The summed E-state index contributed by atoms with van der Waals surface area (Å²) in [5.41, 5.74) is 1.34. The van der Waals surface area contributed by atoms with Crippen molar-refractivity contribution in [3.05, 3.63) is 35.4 Å². The third kappa shape index (κ3) is 9.97. The average Bonchev–Trinajstić information content (AvgIpc) is 3.29. The lowest BCUT2D eigenvalue weighted by Crippen LogP contribution is -2.49. The van der Waals surface area contributed by atoms with Crippen LogP contribution in [-0.4, -0.2) is 89.1 Å². The van der Waals surface area contributed by atoms with E-state index in [2.05, 4.69) is 29.4 Å². The number of ketones is 1. The van der Waals surface area contributed by atoms with Crippen molar-refractivity contribution in [1.29, 1.82) is 0 Å². The van der Waals surface area contributed by atoms with Gasteiger partial charge in [0.15, 0.2) is 12.4 Å². The fourth-order valence-corrected chi connectivity index (χ4v) is 5.17.